The first-order chi connectivity index (χ1) is 15.9. The zero-order valence-electron chi connectivity index (χ0n) is 18.1. The van der Waals surface area contributed by atoms with Gasteiger partial charge in [0.15, 0.2) is 17.4 Å². The van der Waals surface area contributed by atoms with Crippen molar-refractivity contribution in [1.29, 1.82) is 0 Å². The number of benzene rings is 2. The molecule has 0 aliphatic carbocycles. The highest BCUT2D eigenvalue weighted by molar-refractivity contribution is 6.42. The Morgan fingerprint density at radius 3 is 2.44 bits per heavy atom. The molecule has 0 aliphatic heterocycles. The van der Waals surface area contributed by atoms with E-state index in [4.69, 9.17) is 28.3 Å². The Balaban J connectivity index is 2.05. The van der Waals surface area contributed by atoms with Gasteiger partial charge < -0.3 is 15.5 Å². The van der Waals surface area contributed by atoms with E-state index in [0.29, 0.717) is 0 Å². The summed E-state index contributed by atoms with van der Waals surface area (Å²) < 4.78 is 30.2. The number of carbonyl (C=O) groups excluding carboxylic acids is 2. The van der Waals surface area contributed by atoms with Crippen molar-refractivity contribution in [3.8, 4) is 5.75 Å². The number of nitrogens with one attached hydrogen (secondary N) is 1. The molecule has 0 unspecified atom stereocenters. The van der Waals surface area contributed by atoms with Crippen molar-refractivity contribution in [3.05, 3.63) is 62.8 Å². The van der Waals surface area contributed by atoms with E-state index in [2.05, 4.69) is 5.32 Å². The molecule has 0 fully saturated rings. The maximum atomic E-state index is 15.0. The second kappa shape index (κ2) is 9.99. The number of hydrogen-bond acceptors (Lipinski definition) is 4. The lowest BCUT2D eigenvalue weighted by molar-refractivity contribution is -0.137. The first-order valence-electron chi connectivity index (χ1n) is 10.1. The fraction of sp³-hybridized carbons (Fsp3) is 0.261. The molecule has 0 aliphatic rings. The smallest absolute Gasteiger partial charge is 0.305 e. The van der Waals surface area contributed by atoms with Crippen molar-refractivity contribution in [1.82, 2.24) is 9.88 Å². The van der Waals surface area contributed by atoms with Crippen LogP contribution in [0.1, 0.15) is 41.4 Å². The molecule has 34 heavy (non-hydrogen) atoms. The molecule has 3 N–H and O–H groups in total. The Bertz CT molecular complexity index is 1320. The van der Waals surface area contributed by atoms with Gasteiger partial charge in [0.2, 0.25) is 5.91 Å². The standard InChI is InChI=1S/C23H20Cl2F2N2O5/c1-10(7-19(31)32)28-18(30)6-4-13-11(2)29(17-9-16(26)22(33)21(27)20(13)17)23(34)12-3-5-14(24)15(25)8-12/h3,5,8-10,33H,4,6-7H2,1-2H3,(H,28,30)(H,31,32)/t10-/m0/s1. The molecule has 3 aromatic rings. The van der Waals surface area contributed by atoms with Crippen LogP contribution in [0.5, 0.6) is 5.75 Å². The van der Waals surface area contributed by atoms with Crippen LogP contribution in [0.15, 0.2) is 24.3 Å². The van der Waals surface area contributed by atoms with Crippen LogP contribution in [0, 0.1) is 18.6 Å². The molecule has 7 nitrogen and oxygen atoms in total. The Hall–Kier alpha value is -3.17. The van der Waals surface area contributed by atoms with Gasteiger partial charge in [-0.25, -0.2) is 8.78 Å². The molecule has 1 atom stereocenters. The van der Waals surface area contributed by atoms with Gasteiger partial charge in [-0.15, -0.1) is 0 Å². The zero-order valence-corrected chi connectivity index (χ0v) is 19.6. The minimum atomic E-state index is -1.26. The normalized spacial score (nSPS) is 12.1. The number of nitrogens with zero attached hydrogens (tertiary/aromatic N) is 1. The Kier molecular flexibility index (Phi) is 7.48. The summed E-state index contributed by atoms with van der Waals surface area (Å²) in [6.07, 6.45) is -0.496. The number of carbonyl (C=O) groups is 3. The Morgan fingerprint density at radius 2 is 1.82 bits per heavy atom. The molecule has 3 rings (SSSR count). The van der Waals surface area contributed by atoms with Crippen molar-refractivity contribution in [2.24, 2.45) is 0 Å². The average Bonchev–Trinajstić information content (AvgIpc) is 3.02. The van der Waals surface area contributed by atoms with Gasteiger partial charge in [-0.05, 0) is 44.0 Å². The second-order valence-electron chi connectivity index (χ2n) is 7.81. The molecule has 0 spiro atoms. The van der Waals surface area contributed by atoms with Crippen molar-refractivity contribution in [3.63, 3.8) is 0 Å². The van der Waals surface area contributed by atoms with Crippen molar-refractivity contribution in [2.45, 2.75) is 39.2 Å². The Morgan fingerprint density at radius 1 is 1.15 bits per heavy atom. The number of rotatable bonds is 7. The van der Waals surface area contributed by atoms with Gasteiger partial charge in [0.25, 0.3) is 5.91 Å². The third kappa shape index (κ3) is 5.00. The molecular weight excluding hydrogens is 493 g/mol. The summed E-state index contributed by atoms with van der Waals surface area (Å²) in [4.78, 5) is 36.3. The third-order valence-corrected chi connectivity index (χ3v) is 6.09. The average molecular weight is 513 g/mol. The maximum absolute atomic E-state index is 15.0. The molecule has 1 amide bonds. The fourth-order valence-corrected chi connectivity index (χ4v) is 4.08. The van der Waals surface area contributed by atoms with Gasteiger partial charge in [-0.3, -0.25) is 19.0 Å². The number of carboxylic acids is 1. The number of phenolic OH excluding ortho intramolecular Hbond substituents is 1. The van der Waals surface area contributed by atoms with Crippen LogP contribution in [-0.2, 0) is 16.0 Å². The maximum Gasteiger partial charge on any atom is 0.305 e. The Labute approximate surface area is 202 Å². The first-order valence-corrected chi connectivity index (χ1v) is 10.9. The molecule has 11 heteroatoms. The molecule has 2 aromatic carbocycles. The molecule has 0 saturated heterocycles. The van der Waals surface area contributed by atoms with Crippen LogP contribution in [0.4, 0.5) is 8.78 Å². The largest absolute Gasteiger partial charge is 0.503 e. The van der Waals surface area contributed by atoms with E-state index in [1.807, 2.05) is 0 Å². The van der Waals surface area contributed by atoms with Crippen LogP contribution in [-0.4, -0.2) is 38.6 Å². The quantitative estimate of drug-likeness (QED) is 0.419. The summed E-state index contributed by atoms with van der Waals surface area (Å²) in [6.45, 7) is 3.03. The molecule has 0 radical (unpaired) electrons. The van der Waals surface area contributed by atoms with E-state index in [9.17, 15) is 28.3 Å². The van der Waals surface area contributed by atoms with Crippen LogP contribution in [0.25, 0.3) is 10.9 Å². The SMILES string of the molecule is Cc1c(CCC(=O)N[C@@H](C)CC(=O)O)c2c(F)c(O)c(F)cc2n1C(=O)c1ccc(Cl)c(Cl)c1. The van der Waals surface area contributed by atoms with Crippen molar-refractivity contribution < 1.29 is 33.4 Å². The highest BCUT2D eigenvalue weighted by atomic mass is 35.5. The summed E-state index contributed by atoms with van der Waals surface area (Å²) in [5, 5.41) is 21.3. The van der Waals surface area contributed by atoms with Crippen LogP contribution in [0.2, 0.25) is 10.0 Å². The first kappa shape index (κ1) is 25.5. The van der Waals surface area contributed by atoms with E-state index in [1.54, 1.807) is 0 Å². The third-order valence-electron chi connectivity index (χ3n) is 5.35. The summed E-state index contributed by atoms with van der Waals surface area (Å²) in [6, 6.07) is 4.36. The molecule has 0 saturated carbocycles. The van der Waals surface area contributed by atoms with Crippen LogP contribution in [0.3, 0.4) is 0 Å². The number of hydrogen-bond donors (Lipinski definition) is 3. The van der Waals surface area contributed by atoms with E-state index < -0.39 is 41.2 Å². The summed E-state index contributed by atoms with van der Waals surface area (Å²) in [5.41, 5.74) is 0.435. The number of aryl methyl sites for hydroxylation is 1. The van der Waals surface area contributed by atoms with Gasteiger partial charge in [-0.2, -0.15) is 0 Å². The topological polar surface area (TPSA) is 109 Å². The summed E-state index contributed by atoms with van der Waals surface area (Å²) >= 11 is 11.9. The number of aromatic nitrogens is 1. The summed E-state index contributed by atoms with van der Waals surface area (Å²) in [7, 11) is 0. The van der Waals surface area contributed by atoms with Crippen molar-refractivity contribution >= 4 is 51.9 Å². The zero-order chi connectivity index (χ0) is 25.3. The van der Waals surface area contributed by atoms with E-state index in [0.717, 1.165) is 10.6 Å². The monoisotopic (exact) mass is 512 g/mol. The molecule has 1 heterocycles. The minimum absolute atomic E-state index is 0.0579. The number of amides is 1. The van der Waals surface area contributed by atoms with Gasteiger partial charge in [0.1, 0.15) is 0 Å². The molecule has 1 aromatic heterocycles. The van der Waals surface area contributed by atoms with Gasteiger partial charge in [-0.1, -0.05) is 23.2 Å². The number of fused-ring (bicyclic) bond motifs is 1. The lowest BCUT2D eigenvalue weighted by Crippen LogP contribution is -2.34. The van der Waals surface area contributed by atoms with Crippen molar-refractivity contribution in [2.75, 3.05) is 0 Å². The lowest BCUT2D eigenvalue weighted by Gasteiger charge is -2.12. The number of carboxylic acid groups (broad SMARTS) is 1. The van der Waals surface area contributed by atoms with Crippen LogP contribution < -0.4 is 5.32 Å². The molecule has 180 valence electrons. The van der Waals surface area contributed by atoms with Gasteiger partial charge in [0, 0.05) is 35.2 Å². The van der Waals surface area contributed by atoms with E-state index in [1.165, 1.54) is 32.0 Å². The molecule has 0 bridgehead atoms. The number of aliphatic carboxylic acids is 1. The number of phenols is 1. The number of halogens is 4. The second-order valence-corrected chi connectivity index (χ2v) is 8.63. The lowest BCUT2D eigenvalue weighted by atomic mass is 10.0. The summed E-state index contributed by atoms with van der Waals surface area (Å²) in [5.74, 6) is -5.92. The highest BCUT2D eigenvalue weighted by Crippen LogP contribution is 2.36. The van der Waals surface area contributed by atoms with E-state index >= 15 is 0 Å². The minimum Gasteiger partial charge on any atom is -0.503 e. The molecular formula is C23H20Cl2F2N2O5. The van der Waals surface area contributed by atoms with E-state index in [-0.39, 0.29) is 57.0 Å². The fourth-order valence-electron chi connectivity index (χ4n) is 3.78. The van der Waals surface area contributed by atoms with Gasteiger partial charge >= 0.3 is 5.97 Å². The van der Waals surface area contributed by atoms with Crippen LogP contribution >= 0.6 is 23.2 Å². The van der Waals surface area contributed by atoms with Gasteiger partial charge in [0.05, 0.1) is 22.0 Å². The predicted octanol–water partition coefficient (Wildman–Crippen LogP) is 4.84. The highest BCUT2D eigenvalue weighted by Gasteiger charge is 2.26. The number of aromatic hydroxyl groups is 1. The predicted molar refractivity (Wildman–Crippen MR) is 123 cm³/mol.